The molecule has 0 saturated carbocycles. The fraction of sp³-hybridized carbons (Fsp3) is 0.417. The maximum Gasteiger partial charge on any atom is 0.335 e. The number of benzene rings is 1. The second-order valence-electron chi connectivity index (χ2n) is 3.99. The van der Waals surface area contributed by atoms with Crippen LogP contribution < -0.4 is 4.74 Å². The number of carbonyl (C=O) groups is 1. The van der Waals surface area contributed by atoms with Gasteiger partial charge < -0.3 is 14.7 Å². The van der Waals surface area contributed by atoms with Gasteiger partial charge in [-0.3, -0.25) is 0 Å². The van der Waals surface area contributed by atoms with Crippen LogP contribution >= 0.6 is 0 Å². The molecular formula is C12H17NO3. The van der Waals surface area contributed by atoms with Gasteiger partial charge in [0.05, 0.1) is 5.56 Å². The number of carboxylic acid groups (broad SMARTS) is 1. The number of rotatable bonds is 5. The predicted molar refractivity (Wildman–Crippen MR) is 62.2 cm³/mol. The van der Waals surface area contributed by atoms with Crippen LogP contribution in [0.1, 0.15) is 15.9 Å². The topological polar surface area (TPSA) is 49.8 Å². The first kappa shape index (κ1) is 12.5. The van der Waals surface area contributed by atoms with Crippen LogP contribution in [0.2, 0.25) is 0 Å². The van der Waals surface area contributed by atoms with E-state index in [1.165, 1.54) is 0 Å². The van der Waals surface area contributed by atoms with Gasteiger partial charge in [-0.1, -0.05) is 0 Å². The molecule has 4 heteroatoms. The molecule has 0 fully saturated rings. The lowest BCUT2D eigenvalue weighted by Crippen LogP contribution is -2.19. The summed E-state index contributed by atoms with van der Waals surface area (Å²) in [6.07, 6.45) is 0. The highest BCUT2D eigenvalue weighted by molar-refractivity contribution is 5.88. The zero-order valence-electron chi connectivity index (χ0n) is 9.86. The first-order valence-corrected chi connectivity index (χ1v) is 5.11. The first-order chi connectivity index (χ1) is 7.49. The van der Waals surface area contributed by atoms with Crippen molar-refractivity contribution in [1.29, 1.82) is 0 Å². The third-order valence-corrected chi connectivity index (χ3v) is 2.11. The quantitative estimate of drug-likeness (QED) is 0.824. The monoisotopic (exact) mass is 223 g/mol. The van der Waals surface area contributed by atoms with Crippen molar-refractivity contribution < 1.29 is 14.6 Å². The van der Waals surface area contributed by atoms with E-state index in [9.17, 15) is 4.79 Å². The van der Waals surface area contributed by atoms with Crippen LogP contribution in [-0.4, -0.2) is 43.2 Å². The predicted octanol–water partition coefficient (Wildman–Crippen LogP) is 1.63. The average Bonchev–Trinajstić information content (AvgIpc) is 2.16. The molecule has 0 amide bonds. The number of ether oxygens (including phenoxy) is 1. The van der Waals surface area contributed by atoms with Crippen LogP contribution in [0.25, 0.3) is 0 Å². The normalized spacial score (nSPS) is 10.5. The van der Waals surface area contributed by atoms with E-state index in [0.29, 0.717) is 12.4 Å². The van der Waals surface area contributed by atoms with Gasteiger partial charge in [0.15, 0.2) is 0 Å². The molecule has 0 aliphatic rings. The Bertz CT molecular complexity index is 375. The molecule has 0 heterocycles. The number of aromatic carboxylic acids is 1. The molecule has 4 nitrogen and oxygen atoms in total. The molecule has 1 N–H and O–H groups in total. The maximum absolute atomic E-state index is 10.8. The van der Waals surface area contributed by atoms with Crippen molar-refractivity contribution in [2.45, 2.75) is 6.92 Å². The smallest absolute Gasteiger partial charge is 0.335 e. The van der Waals surface area contributed by atoms with E-state index in [4.69, 9.17) is 9.84 Å². The van der Waals surface area contributed by atoms with Crippen LogP contribution in [0.4, 0.5) is 0 Å². The van der Waals surface area contributed by atoms with Crippen molar-refractivity contribution in [2.24, 2.45) is 0 Å². The molecule has 1 aromatic carbocycles. The lowest BCUT2D eigenvalue weighted by Gasteiger charge is -2.11. The summed E-state index contributed by atoms with van der Waals surface area (Å²) >= 11 is 0. The van der Waals surface area contributed by atoms with E-state index in [2.05, 4.69) is 0 Å². The van der Waals surface area contributed by atoms with E-state index < -0.39 is 5.97 Å². The first-order valence-electron chi connectivity index (χ1n) is 5.11. The summed E-state index contributed by atoms with van der Waals surface area (Å²) < 4.78 is 5.48. The minimum atomic E-state index is -0.929. The van der Waals surface area contributed by atoms with Crippen molar-refractivity contribution in [3.05, 3.63) is 29.3 Å². The number of hydrogen-bond acceptors (Lipinski definition) is 3. The molecule has 0 saturated heterocycles. The summed E-state index contributed by atoms with van der Waals surface area (Å²) in [5.41, 5.74) is 1.15. The van der Waals surface area contributed by atoms with Crippen molar-refractivity contribution in [3.8, 4) is 5.75 Å². The van der Waals surface area contributed by atoms with Gasteiger partial charge >= 0.3 is 5.97 Å². The molecular weight excluding hydrogens is 206 g/mol. The minimum absolute atomic E-state index is 0.264. The summed E-state index contributed by atoms with van der Waals surface area (Å²) in [5.74, 6) is -0.319. The molecule has 0 aromatic heterocycles. The summed E-state index contributed by atoms with van der Waals surface area (Å²) in [4.78, 5) is 12.8. The van der Waals surface area contributed by atoms with E-state index in [0.717, 1.165) is 12.1 Å². The third kappa shape index (κ3) is 3.90. The molecule has 0 radical (unpaired) electrons. The molecule has 1 aromatic rings. The summed E-state index contributed by atoms with van der Waals surface area (Å²) in [6, 6.07) is 5.01. The van der Waals surface area contributed by atoms with E-state index in [1.54, 1.807) is 12.1 Å². The van der Waals surface area contributed by atoms with E-state index in [1.807, 2.05) is 32.0 Å². The minimum Gasteiger partial charge on any atom is -0.492 e. The van der Waals surface area contributed by atoms with Crippen LogP contribution in [-0.2, 0) is 0 Å². The van der Waals surface area contributed by atoms with Crippen molar-refractivity contribution in [3.63, 3.8) is 0 Å². The lowest BCUT2D eigenvalue weighted by molar-refractivity contribution is 0.0696. The van der Waals surface area contributed by atoms with E-state index >= 15 is 0 Å². The van der Waals surface area contributed by atoms with Gasteiger partial charge in [0.1, 0.15) is 12.4 Å². The molecule has 88 valence electrons. The van der Waals surface area contributed by atoms with Crippen molar-refractivity contribution >= 4 is 5.97 Å². The molecule has 1 rings (SSSR count). The number of carboxylic acids is 1. The molecule has 0 aliphatic heterocycles. The van der Waals surface area contributed by atoms with Crippen LogP contribution in [0.15, 0.2) is 18.2 Å². The van der Waals surface area contributed by atoms with Crippen LogP contribution in [0.5, 0.6) is 5.75 Å². The highest BCUT2D eigenvalue weighted by Gasteiger charge is 2.06. The van der Waals surface area contributed by atoms with Crippen LogP contribution in [0.3, 0.4) is 0 Å². The summed E-state index contributed by atoms with van der Waals surface area (Å²) in [7, 11) is 3.92. The van der Waals surface area contributed by atoms with Gasteiger partial charge in [-0.05, 0) is 44.8 Å². The Labute approximate surface area is 95.5 Å². The molecule has 0 aliphatic carbocycles. The second-order valence-corrected chi connectivity index (χ2v) is 3.99. The van der Waals surface area contributed by atoms with Gasteiger partial charge in [-0.2, -0.15) is 0 Å². The Morgan fingerprint density at radius 2 is 2.06 bits per heavy atom. The standard InChI is InChI=1S/C12H17NO3/c1-9-6-10(12(14)15)8-11(7-9)16-5-4-13(2)3/h6-8H,4-5H2,1-3H3,(H,14,15). The highest BCUT2D eigenvalue weighted by atomic mass is 16.5. The second kappa shape index (κ2) is 5.51. The lowest BCUT2D eigenvalue weighted by atomic mass is 10.1. The molecule has 0 atom stereocenters. The zero-order valence-corrected chi connectivity index (χ0v) is 9.86. The Hall–Kier alpha value is -1.55. The fourth-order valence-corrected chi connectivity index (χ4v) is 1.30. The van der Waals surface area contributed by atoms with Crippen molar-refractivity contribution in [1.82, 2.24) is 4.90 Å². The molecule has 0 bridgehead atoms. The largest absolute Gasteiger partial charge is 0.492 e. The number of likely N-dealkylation sites (N-methyl/N-ethyl adjacent to an activating group) is 1. The molecule has 16 heavy (non-hydrogen) atoms. The SMILES string of the molecule is Cc1cc(OCCN(C)C)cc(C(=O)O)c1. The average molecular weight is 223 g/mol. The number of hydrogen-bond donors (Lipinski definition) is 1. The van der Waals surface area contributed by atoms with Crippen LogP contribution in [0, 0.1) is 6.92 Å². The number of nitrogens with zero attached hydrogens (tertiary/aromatic N) is 1. The Balaban J connectivity index is 2.69. The fourth-order valence-electron chi connectivity index (χ4n) is 1.30. The maximum atomic E-state index is 10.8. The Kier molecular flexibility index (Phi) is 4.31. The third-order valence-electron chi connectivity index (χ3n) is 2.11. The Morgan fingerprint density at radius 1 is 1.38 bits per heavy atom. The Morgan fingerprint density at radius 3 is 2.62 bits per heavy atom. The summed E-state index contributed by atoms with van der Waals surface area (Å²) in [5, 5.41) is 8.88. The van der Waals surface area contributed by atoms with Gasteiger partial charge in [0, 0.05) is 6.54 Å². The van der Waals surface area contributed by atoms with Gasteiger partial charge in [0.25, 0.3) is 0 Å². The van der Waals surface area contributed by atoms with Gasteiger partial charge in [0.2, 0.25) is 0 Å². The molecule has 0 unspecified atom stereocenters. The van der Waals surface area contributed by atoms with Gasteiger partial charge in [-0.25, -0.2) is 4.79 Å². The van der Waals surface area contributed by atoms with Crippen molar-refractivity contribution in [2.75, 3.05) is 27.2 Å². The zero-order chi connectivity index (χ0) is 12.1. The highest BCUT2D eigenvalue weighted by Crippen LogP contribution is 2.16. The van der Waals surface area contributed by atoms with E-state index in [-0.39, 0.29) is 5.56 Å². The number of aryl methyl sites for hydroxylation is 1. The van der Waals surface area contributed by atoms with Gasteiger partial charge in [-0.15, -0.1) is 0 Å². The summed E-state index contributed by atoms with van der Waals surface area (Å²) in [6.45, 7) is 3.21. The molecule has 0 spiro atoms.